The number of benzene rings is 1. The smallest absolute Gasteiger partial charge is 0.281 e. The summed E-state index contributed by atoms with van der Waals surface area (Å²) in [5.41, 5.74) is 1.12. The molecule has 1 aromatic rings. The highest BCUT2D eigenvalue weighted by atomic mass is 32.2. The van der Waals surface area contributed by atoms with Crippen molar-refractivity contribution in [3.63, 3.8) is 0 Å². The van der Waals surface area contributed by atoms with Crippen molar-refractivity contribution in [3.05, 3.63) is 35.9 Å². The lowest BCUT2D eigenvalue weighted by Crippen LogP contribution is -2.56. The summed E-state index contributed by atoms with van der Waals surface area (Å²) in [7, 11) is -0.198. The SMILES string of the molecule is CN(C)S(=O)(=O)N1CCC2(CC1)C[C@H](c1ccccc1)C(=O)N(C1CC1)C2. The predicted molar refractivity (Wildman–Crippen MR) is 104 cm³/mol. The Morgan fingerprint density at radius 3 is 2.26 bits per heavy atom. The van der Waals surface area contributed by atoms with Gasteiger partial charge in [-0.25, -0.2) is 0 Å². The van der Waals surface area contributed by atoms with Crippen LogP contribution in [-0.2, 0) is 15.0 Å². The fourth-order valence-electron chi connectivity index (χ4n) is 4.65. The molecule has 27 heavy (non-hydrogen) atoms. The van der Waals surface area contributed by atoms with Crippen LogP contribution in [0.15, 0.2) is 30.3 Å². The van der Waals surface area contributed by atoms with Crippen molar-refractivity contribution in [1.29, 1.82) is 0 Å². The van der Waals surface area contributed by atoms with Gasteiger partial charge in [0.25, 0.3) is 10.2 Å². The molecule has 0 bridgehead atoms. The normalized spacial score (nSPS) is 26.7. The van der Waals surface area contributed by atoms with Gasteiger partial charge in [0.2, 0.25) is 5.91 Å². The molecule has 2 heterocycles. The van der Waals surface area contributed by atoms with Gasteiger partial charge in [-0.3, -0.25) is 4.79 Å². The van der Waals surface area contributed by atoms with E-state index in [4.69, 9.17) is 0 Å². The molecule has 0 aromatic heterocycles. The summed E-state index contributed by atoms with van der Waals surface area (Å²) in [6.45, 7) is 1.86. The number of hydrogen-bond donors (Lipinski definition) is 0. The van der Waals surface area contributed by atoms with E-state index in [1.807, 2.05) is 18.2 Å². The number of hydrogen-bond acceptors (Lipinski definition) is 3. The van der Waals surface area contributed by atoms with Gasteiger partial charge in [-0.05, 0) is 43.1 Å². The molecule has 6 nitrogen and oxygen atoms in total. The van der Waals surface area contributed by atoms with Crippen LogP contribution in [0.4, 0.5) is 0 Å². The van der Waals surface area contributed by atoms with Crippen LogP contribution in [0.5, 0.6) is 0 Å². The quantitative estimate of drug-likeness (QED) is 0.789. The van der Waals surface area contributed by atoms with Crippen molar-refractivity contribution < 1.29 is 13.2 Å². The van der Waals surface area contributed by atoms with E-state index < -0.39 is 10.2 Å². The summed E-state index contributed by atoms with van der Waals surface area (Å²) in [5, 5.41) is 0. The molecule has 3 aliphatic rings. The standard InChI is InChI=1S/C20H29N3O3S/c1-21(2)27(25,26)22-12-10-20(11-13-22)14-18(16-6-4-3-5-7-16)19(24)23(15-20)17-8-9-17/h3-7,17-18H,8-15H2,1-2H3/t18-/m1/s1. The molecule has 148 valence electrons. The van der Waals surface area contributed by atoms with Crippen LogP contribution in [0.2, 0.25) is 0 Å². The van der Waals surface area contributed by atoms with Crippen LogP contribution < -0.4 is 0 Å². The van der Waals surface area contributed by atoms with E-state index in [9.17, 15) is 13.2 Å². The van der Waals surface area contributed by atoms with Crippen LogP contribution in [0.25, 0.3) is 0 Å². The Bertz CT molecular complexity index is 797. The van der Waals surface area contributed by atoms with Crippen molar-refractivity contribution in [3.8, 4) is 0 Å². The third kappa shape index (κ3) is 3.52. The number of rotatable bonds is 4. The van der Waals surface area contributed by atoms with Gasteiger partial charge in [-0.15, -0.1) is 0 Å². The van der Waals surface area contributed by atoms with Crippen molar-refractivity contribution in [2.75, 3.05) is 33.7 Å². The fraction of sp³-hybridized carbons (Fsp3) is 0.650. The number of nitrogens with zero attached hydrogens (tertiary/aromatic N) is 3. The summed E-state index contributed by atoms with van der Waals surface area (Å²) in [4.78, 5) is 15.3. The molecule has 1 amide bonds. The van der Waals surface area contributed by atoms with E-state index in [1.165, 1.54) is 4.31 Å². The number of carbonyl (C=O) groups excluding carboxylic acids is 1. The van der Waals surface area contributed by atoms with E-state index in [2.05, 4.69) is 17.0 Å². The highest BCUT2D eigenvalue weighted by Gasteiger charge is 2.50. The molecule has 1 aliphatic carbocycles. The van der Waals surface area contributed by atoms with Gasteiger partial charge in [0, 0.05) is 39.8 Å². The minimum atomic E-state index is -3.36. The second-order valence-electron chi connectivity index (χ2n) is 8.55. The average Bonchev–Trinajstić information content (AvgIpc) is 3.50. The second-order valence-corrected chi connectivity index (χ2v) is 10.7. The molecule has 3 fully saturated rings. The van der Waals surface area contributed by atoms with Crippen molar-refractivity contribution in [2.45, 2.75) is 44.1 Å². The number of amides is 1. The summed E-state index contributed by atoms with van der Waals surface area (Å²) in [6, 6.07) is 10.5. The van der Waals surface area contributed by atoms with E-state index in [0.717, 1.165) is 44.2 Å². The van der Waals surface area contributed by atoms with Crippen molar-refractivity contribution in [2.24, 2.45) is 5.41 Å². The van der Waals surface area contributed by atoms with Crippen LogP contribution in [0.3, 0.4) is 0 Å². The van der Waals surface area contributed by atoms with E-state index in [-0.39, 0.29) is 17.2 Å². The molecule has 1 saturated carbocycles. The van der Waals surface area contributed by atoms with E-state index in [1.54, 1.807) is 18.4 Å². The van der Waals surface area contributed by atoms with Crippen molar-refractivity contribution in [1.82, 2.24) is 13.5 Å². The van der Waals surface area contributed by atoms with Gasteiger partial charge in [-0.2, -0.15) is 17.0 Å². The molecular weight excluding hydrogens is 362 g/mol. The zero-order valence-corrected chi connectivity index (χ0v) is 17.0. The Balaban J connectivity index is 1.57. The van der Waals surface area contributed by atoms with Gasteiger partial charge in [0.1, 0.15) is 0 Å². The van der Waals surface area contributed by atoms with Gasteiger partial charge < -0.3 is 4.90 Å². The molecule has 0 radical (unpaired) electrons. The fourth-order valence-corrected chi connectivity index (χ4v) is 5.76. The van der Waals surface area contributed by atoms with Crippen LogP contribution in [0, 0.1) is 5.41 Å². The summed E-state index contributed by atoms with van der Waals surface area (Å²) in [6.07, 6.45) is 4.67. The molecule has 0 unspecified atom stereocenters. The number of likely N-dealkylation sites (tertiary alicyclic amines) is 1. The van der Waals surface area contributed by atoms with Gasteiger partial charge >= 0.3 is 0 Å². The Kier molecular flexibility index (Phi) is 4.81. The first-order chi connectivity index (χ1) is 12.8. The molecule has 1 aromatic carbocycles. The molecule has 1 atom stereocenters. The van der Waals surface area contributed by atoms with Gasteiger partial charge in [0.05, 0.1) is 5.92 Å². The molecule has 0 N–H and O–H groups in total. The Morgan fingerprint density at radius 2 is 1.70 bits per heavy atom. The lowest BCUT2D eigenvalue weighted by atomic mass is 9.68. The maximum Gasteiger partial charge on any atom is 0.281 e. The summed E-state index contributed by atoms with van der Waals surface area (Å²) < 4.78 is 27.8. The Hall–Kier alpha value is -1.44. The van der Waals surface area contributed by atoms with Crippen LogP contribution in [0.1, 0.15) is 43.6 Å². The zero-order chi connectivity index (χ0) is 19.2. The number of carbonyl (C=O) groups is 1. The van der Waals surface area contributed by atoms with Crippen molar-refractivity contribution >= 4 is 16.1 Å². The lowest BCUT2D eigenvalue weighted by molar-refractivity contribution is -0.142. The monoisotopic (exact) mass is 391 g/mol. The van der Waals surface area contributed by atoms with E-state index >= 15 is 0 Å². The zero-order valence-electron chi connectivity index (χ0n) is 16.2. The minimum Gasteiger partial charge on any atom is -0.339 e. The predicted octanol–water partition coefficient (Wildman–Crippen LogP) is 2.05. The molecule has 7 heteroatoms. The average molecular weight is 392 g/mol. The summed E-state index contributed by atoms with van der Waals surface area (Å²) in [5.74, 6) is 0.162. The Labute approximate surface area is 162 Å². The lowest BCUT2D eigenvalue weighted by Gasteiger charge is -2.50. The molecule has 2 aliphatic heterocycles. The van der Waals surface area contributed by atoms with E-state index in [0.29, 0.717) is 19.1 Å². The first kappa shape index (κ1) is 18.9. The molecule has 2 saturated heterocycles. The van der Waals surface area contributed by atoms with Crippen LogP contribution in [-0.4, -0.2) is 67.6 Å². The maximum absolute atomic E-state index is 13.2. The topological polar surface area (TPSA) is 60.9 Å². The highest BCUT2D eigenvalue weighted by molar-refractivity contribution is 7.86. The first-order valence-electron chi connectivity index (χ1n) is 9.85. The van der Waals surface area contributed by atoms with Crippen LogP contribution >= 0.6 is 0 Å². The molecular formula is C20H29N3O3S. The van der Waals surface area contributed by atoms with Gasteiger partial charge in [0.15, 0.2) is 0 Å². The number of piperidine rings is 2. The maximum atomic E-state index is 13.2. The third-order valence-corrected chi connectivity index (χ3v) is 8.43. The Morgan fingerprint density at radius 1 is 1.07 bits per heavy atom. The second kappa shape index (κ2) is 6.87. The van der Waals surface area contributed by atoms with Gasteiger partial charge in [-0.1, -0.05) is 30.3 Å². The highest BCUT2D eigenvalue weighted by Crippen LogP contribution is 2.48. The summed E-state index contributed by atoms with van der Waals surface area (Å²) >= 11 is 0. The minimum absolute atomic E-state index is 0.0232. The first-order valence-corrected chi connectivity index (χ1v) is 11.3. The third-order valence-electron chi connectivity index (χ3n) is 6.48. The molecule has 1 spiro atoms. The largest absolute Gasteiger partial charge is 0.339 e. The molecule has 4 rings (SSSR count).